The maximum absolute atomic E-state index is 15.1. The van der Waals surface area contributed by atoms with Crippen LogP contribution < -0.4 is 10.6 Å². The predicted molar refractivity (Wildman–Crippen MR) is 157 cm³/mol. The van der Waals surface area contributed by atoms with Gasteiger partial charge in [0, 0.05) is 71.2 Å². The number of hydrogen-bond acceptors (Lipinski definition) is 7. The Kier molecular flexibility index (Phi) is 8.53. The van der Waals surface area contributed by atoms with Gasteiger partial charge in [0.05, 0.1) is 23.7 Å². The molecular weight excluding hydrogens is 605 g/mol. The molecule has 0 bridgehead atoms. The van der Waals surface area contributed by atoms with Gasteiger partial charge >= 0.3 is 11.9 Å². The van der Waals surface area contributed by atoms with Crippen LogP contribution in [0.4, 0.5) is 27.8 Å². The maximum Gasteiger partial charge on any atom is 0.417 e. The Morgan fingerprint density at radius 2 is 1.82 bits per heavy atom. The average molecular weight is 630 g/mol. The summed E-state index contributed by atoms with van der Waals surface area (Å²) >= 11 is 1.02. The zero-order valence-corrected chi connectivity index (χ0v) is 24.6. The first-order valence-electron chi connectivity index (χ1n) is 13.4. The summed E-state index contributed by atoms with van der Waals surface area (Å²) in [5, 5.41) is 9.51. The van der Waals surface area contributed by atoms with E-state index < -0.39 is 75.4 Å². The van der Waals surface area contributed by atoms with Crippen LogP contribution >= 0.6 is 11.8 Å². The second-order valence-corrected chi connectivity index (χ2v) is 11.8. The van der Waals surface area contributed by atoms with Crippen molar-refractivity contribution in [3.8, 4) is 11.1 Å². The monoisotopic (exact) mass is 630 g/mol. The van der Waals surface area contributed by atoms with Crippen molar-refractivity contribution in [1.29, 1.82) is 0 Å². The van der Waals surface area contributed by atoms with Crippen LogP contribution in [-0.2, 0) is 15.7 Å². The number of rotatable bonds is 5. The van der Waals surface area contributed by atoms with Crippen LogP contribution in [0, 0.1) is 11.6 Å². The SMILES string of the molecule is [B]/C(O)=C(/[B])C(=O)N1C(C)CN(c2nc(=O)n3c4c(c(-c5ccc(F)cc5F)c(C(F)(F)F)cc24)SCC3COC)CC1C. The number of methoxy groups -OCH3 is 1. The van der Waals surface area contributed by atoms with Gasteiger partial charge in [-0.25, -0.2) is 13.6 Å². The van der Waals surface area contributed by atoms with Crippen LogP contribution in [0.1, 0.15) is 25.5 Å². The highest BCUT2D eigenvalue weighted by Gasteiger charge is 2.41. The molecule has 3 unspecified atom stereocenters. The van der Waals surface area contributed by atoms with Crippen LogP contribution in [0.25, 0.3) is 22.0 Å². The molecule has 1 aromatic heterocycles. The number of halogens is 5. The van der Waals surface area contributed by atoms with Crippen molar-refractivity contribution < 1.29 is 36.6 Å². The van der Waals surface area contributed by atoms with Crippen LogP contribution in [0.2, 0.25) is 0 Å². The average Bonchev–Trinajstić information content (AvgIpc) is 2.93. The molecule has 0 aliphatic carbocycles. The molecule has 3 aromatic rings. The van der Waals surface area contributed by atoms with E-state index in [1.54, 1.807) is 18.7 Å². The number of benzene rings is 2. The Morgan fingerprint density at radius 3 is 2.39 bits per heavy atom. The standard InChI is InChI=1S/C28H25B2F5N4O4S/c1-12-8-37(9-13(2)38(12)26(41)21(29)24(30)40)25-17-7-18(28(33,34)35)20(16-5-4-14(31)6-19(16)32)23-22(17)39(27(42)36-25)15(10-43-3)11-44-23/h4-7,12-13,15,40H,8-11H2,1-3H3/b24-21-. The third kappa shape index (κ3) is 5.46. The molecule has 44 heavy (non-hydrogen) atoms. The van der Waals surface area contributed by atoms with E-state index in [9.17, 15) is 32.3 Å². The van der Waals surface area contributed by atoms with Crippen LogP contribution in [0.3, 0.4) is 0 Å². The number of carbonyl (C=O) groups is 1. The second-order valence-electron chi connectivity index (χ2n) is 10.8. The molecule has 4 radical (unpaired) electrons. The van der Waals surface area contributed by atoms with Gasteiger partial charge in [-0.2, -0.15) is 18.2 Å². The van der Waals surface area contributed by atoms with E-state index >= 15 is 4.39 Å². The number of anilines is 1. The van der Waals surface area contributed by atoms with E-state index in [4.69, 9.17) is 20.4 Å². The minimum Gasteiger partial charge on any atom is -0.524 e. The fraction of sp³-hybridized carbons (Fsp3) is 0.393. The molecule has 5 rings (SSSR count). The van der Waals surface area contributed by atoms with Crippen molar-refractivity contribution >= 4 is 50.1 Å². The fourth-order valence-corrected chi connectivity index (χ4v) is 7.29. The van der Waals surface area contributed by atoms with Crippen molar-refractivity contribution in [3.63, 3.8) is 0 Å². The van der Waals surface area contributed by atoms with E-state index in [0.717, 1.165) is 30.0 Å². The minimum absolute atomic E-state index is 0.000298. The number of thioether (sulfide) groups is 1. The number of aliphatic hydroxyl groups is 1. The number of hydrogen-bond donors (Lipinski definition) is 1. The van der Waals surface area contributed by atoms with E-state index in [2.05, 4.69) is 4.98 Å². The molecule has 1 amide bonds. The Hall–Kier alpha value is -3.52. The minimum atomic E-state index is -4.97. The summed E-state index contributed by atoms with van der Waals surface area (Å²) in [5.41, 5.74) is -4.17. The zero-order valence-electron chi connectivity index (χ0n) is 23.8. The molecule has 3 atom stereocenters. The van der Waals surface area contributed by atoms with E-state index in [1.165, 1.54) is 16.6 Å². The van der Waals surface area contributed by atoms with Gasteiger partial charge in [0.1, 0.15) is 25.3 Å². The van der Waals surface area contributed by atoms with Crippen molar-refractivity contribution in [2.24, 2.45) is 0 Å². The number of ether oxygens (including phenoxy) is 1. The number of aliphatic hydroxyl groups excluding tert-OH is 1. The molecule has 0 spiro atoms. The lowest BCUT2D eigenvalue weighted by atomic mass is 9.85. The van der Waals surface area contributed by atoms with E-state index in [0.29, 0.717) is 6.07 Å². The number of aromatic nitrogens is 2. The van der Waals surface area contributed by atoms with Crippen LogP contribution in [0.15, 0.2) is 45.1 Å². The van der Waals surface area contributed by atoms with Gasteiger partial charge in [-0.05, 0) is 37.5 Å². The first-order valence-corrected chi connectivity index (χ1v) is 14.4. The van der Waals surface area contributed by atoms with Crippen LogP contribution in [0.5, 0.6) is 0 Å². The summed E-state index contributed by atoms with van der Waals surface area (Å²) in [4.78, 5) is 33.8. The van der Waals surface area contributed by atoms with Gasteiger partial charge in [-0.3, -0.25) is 9.36 Å². The van der Waals surface area contributed by atoms with Gasteiger partial charge in [0.15, 0.2) is 7.85 Å². The smallest absolute Gasteiger partial charge is 0.417 e. The lowest BCUT2D eigenvalue weighted by Gasteiger charge is -2.45. The summed E-state index contributed by atoms with van der Waals surface area (Å²) in [6.07, 6.45) is -4.97. The van der Waals surface area contributed by atoms with Crippen molar-refractivity contribution in [2.75, 3.05) is 37.5 Å². The summed E-state index contributed by atoms with van der Waals surface area (Å²) in [6.45, 7) is 3.47. The van der Waals surface area contributed by atoms with Crippen molar-refractivity contribution in [1.82, 2.24) is 14.5 Å². The highest BCUT2D eigenvalue weighted by Crippen LogP contribution is 2.50. The van der Waals surface area contributed by atoms with Gasteiger partial charge in [-0.1, -0.05) is 0 Å². The van der Waals surface area contributed by atoms with Gasteiger partial charge in [0.2, 0.25) is 5.91 Å². The third-order valence-electron chi connectivity index (χ3n) is 7.75. The van der Waals surface area contributed by atoms with Gasteiger partial charge < -0.3 is 19.6 Å². The first kappa shape index (κ1) is 31.9. The second kappa shape index (κ2) is 11.8. The first-order chi connectivity index (χ1) is 20.6. The lowest BCUT2D eigenvalue weighted by Crippen LogP contribution is -2.59. The number of carbonyl (C=O) groups excluding carboxylic acids is 1. The summed E-state index contributed by atoms with van der Waals surface area (Å²) < 4.78 is 79.7. The molecule has 0 saturated carbocycles. The molecule has 2 aromatic carbocycles. The zero-order chi connectivity index (χ0) is 32.2. The predicted octanol–water partition coefficient (Wildman–Crippen LogP) is 4.14. The molecule has 1 fully saturated rings. The summed E-state index contributed by atoms with van der Waals surface area (Å²) in [7, 11) is 12.4. The van der Waals surface area contributed by atoms with Gasteiger partial charge in [-0.15, -0.1) is 11.8 Å². The third-order valence-corrected chi connectivity index (χ3v) is 8.99. The molecular formula is C28H25B2F5N4O4S. The van der Waals surface area contributed by atoms with Crippen LogP contribution in [-0.4, -0.2) is 85.8 Å². The summed E-state index contributed by atoms with van der Waals surface area (Å²) in [5.74, 6) is -2.78. The molecule has 16 heteroatoms. The largest absolute Gasteiger partial charge is 0.524 e. The highest BCUT2D eigenvalue weighted by atomic mass is 32.2. The van der Waals surface area contributed by atoms with Crippen molar-refractivity contribution in [2.45, 2.75) is 43.0 Å². The van der Waals surface area contributed by atoms with Crippen molar-refractivity contribution in [3.05, 3.63) is 63.1 Å². The summed E-state index contributed by atoms with van der Waals surface area (Å²) in [6, 6.07) is 1.38. The molecule has 8 nitrogen and oxygen atoms in total. The Labute approximate surface area is 255 Å². The Morgan fingerprint density at radius 1 is 1.16 bits per heavy atom. The molecule has 228 valence electrons. The van der Waals surface area contributed by atoms with E-state index in [-0.39, 0.29) is 47.1 Å². The number of piperazine rings is 1. The highest BCUT2D eigenvalue weighted by molar-refractivity contribution is 7.99. The van der Waals surface area contributed by atoms with E-state index in [1.807, 2.05) is 0 Å². The molecule has 1 N–H and O–H groups in total. The Bertz CT molecular complexity index is 1740. The lowest BCUT2D eigenvalue weighted by molar-refractivity contribution is -0.137. The fourth-order valence-electron chi connectivity index (χ4n) is 5.98. The molecule has 2 aliphatic heterocycles. The molecule has 3 heterocycles. The number of alkyl halides is 3. The normalized spacial score (nSPS) is 21.0. The topological polar surface area (TPSA) is 87.9 Å². The quantitative estimate of drug-likeness (QED) is 0.196. The molecule has 2 aliphatic rings. The number of nitrogens with zero attached hydrogens (tertiary/aromatic N) is 4. The van der Waals surface area contributed by atoms with Gasteiger partial charge in [0.25, 0.3) is 0 Å². The Balaban J connectivity index is 1.78. The molecule has 1 saturated heterocycles. The number of amides is 1. The maximum atomic E-state index is 15.1.